The molecule has 0 fully saturated rings. The smallest absolute Gasteiger partial charge is 0.246 e. The van der Waals surface area contributed by atoms with Gasteiger partial charge in [0.15, 0.2) is 0 Å². The normalized spacial score (nSPS) is 10.3. The van der Waals surface area contributed by atoms with E-state index in [1.165, 1.54) is 0 Å². The molecule has 0 bridgehead atoms. The van der Waals surface area contributed by atoms with Crippen LogP contribution in [-0.4, -0.2) is 15.5 Å². The standard InChI is InChI=1S/C16H19N3O/c1-11(2)16(20)17-10-14-12(3)19(4)15(18-14)13-8-6-5-7-9-13/h5-9H,1,10H2,2-4H3,(H,17,20). The van der Waals surface area contributed by atoms with Crippen LogP contribution >= 0.6 is 0 Å². The van der Waals surface area contributed by atoms with Crippen LogP contribution in [0.2, 0.25) is 0 Å². The Morgan fingerprint density at radius 2 is 2.00 bits per heavy atom. The molecule has 4 nitrogen and oxygen atoms in total. The van der Waals surface area contributed by atoms with Crippen LogP contribution in [0.5, 0.6) is 0 Å². The highest BCUT2D eigenvalue weighted by Gasteiger charge is 2.13. The van der Waals surface area contributed by atoms with Crippen molar-refractivity contribution in [1.29, 1.82) is 0 Å². The van der Waals surface area contributed by atoms with Gasteiger partial charge in [0.05, 0.1) is 12.2 Å². The first-order chi connectivity index (χ1) is 9.50. The molecule has 0 radical (unpaired) electrons. The number of benzene rings is 1. The van der Waals surface area contributed by atoms with E-state index >= 15 is 0 Å². The fourth-order valence-electron chi connectivity index (χ4n) is 1.96. The van der Waals surface area contributed by atoms with E-state index in [0.29, 0.717) is 12.1 Å². The largest absolute Gasteiger partial charge is 0.347 e. The molecular weight excluding hydrogens is 250 g/mol. The predicted molar refractivity (Wildman–Crippen MR) is 80.0 cm³/mol. The number of carbonyl (C=O) groups is 1. The number of amides is 1. The van der Waals surface area contributed by atoms with Crippen LogP contribution in [0.3, 0.4) is 0 Å². The summed E-state index contributed by atoms with van der Waals surface area (Å²) in [7, 11) is 1.98. The van der Waals surface area contributed by atoms with Crippen molar-refractivity contribution in [1.82, 2.24) is 14.9 Å². The maximum absolute atomic E-state index is 11.5. The van der Waals surface area contributed by atoms with Gasteiger partial charge in [-0.3, -0.25) is 4.79 Å². The van der Waals surface area contributed by atoms with Gasteiger partial charge in [-0.25, -0.2) is 4.98 Å². The average molecular weight is 269 g/mol. The maximum atomic E-state index is 11.5. The van der Waals surface area contributed by atoms with Crippen molar-refractivity contribution >= 4 is 5.91 Å². The van der Waals surface area contributed by atoms with Crippen LogP contribution in [-0.2, 0) is 18.4 Å². The maximum Gasteiger partial charge on any atom is 0.246 e. The van der Waals surface area contributed by atoms with Crippen LogP contribution in [0.25, 0.3) is 11.4 Å². The highest BCUT2D eigenvalue weighted by molar-refractivity contribution is 5.92. The summed E-state index contributed by atoms with van der Waals surface area (Å²) in [4.78, 5) is 16.2. The van der Waals surface area contributed by atoms with Gasteiger partial charge in [-0.15, -0.1) is 0 Å². The van der Waals surface area contributed by atoms with Crippen LogP contribution < -0.4 is 5.32 Å². The van der Waals surface area contributed by atoms with Crippen LogP contribution in [0.1, 0.15) is 18.3 Å². The number of hydrogen-bond acceptors (Lipinski definition) is 2. The summed E-state index contributed by atoms with van der Waals surface area (Å²) in [5.74, 6) is 0.763. The van der Waals surface area contributed by atoms with Gasteiger partial charge in [0.2, 0.25) is 5.91 Å². The van der Waals surface area contributed by atoms with Gasteiger partial charge in [0.1, 0.15) is 5.82 Å². The number of hydrogen-bond donors (Lipinski definition) is 1. The number of rotatable bonds is 4. The second-order valence-electron chi connectivity index (χ2n) is 4.86. The summed E-state index contributed by atoms with van der Waals surface area (Å²) >= 11 is 0. The molecule has 0 spiro atoms. The van der Waals surface area contributed by atoms with Gasteiger partial charge in [-0.2, -0.15) is 0 Å². The van der Waals surface area contributed by atoms with Crippen molar-refractivity contribution in [2.75, 3.05) is 0 Å². The number of nitrogens with one attached hydrogen (secondary N) is 1. The molecule has 1 N–H and O–H groups in total. The minimum absolute atomic E-state index is 0.142. The Morgan fingerprint density at radius 3 is 2.60 bits per heavy atom. The fraction of sp³-hybridized carbons (Fsp3) is 0.250. The van der Waals surface area contributed by atoms with E-state index in [4.69, 9.17) is 0 Å². The Hall–Kier alpha value is -2.36. The summed E-state index contributed by atoms with van der Waals surface area (Å²) in [6.45, 7) is 7.73. The van der Waals surface area contributed by atoms with Gasteiger partial charge < -0.3 is 9.88 Å². The minimum atomic E-state index is -0.142. The zero-order valence-electron chi connectivity index (χ0n) is 12.1. The van der Waals surface area contributed by atoms with Gasteiger partial charge in [-0.1, -0.05) is 36.9 Å². The lowest BCUT2D eigenvalue weighted by atomic mass is 10.2. The van der Waals surface area contributed by atoms with Crippen molar-refractivity contribution in [3.05, 3.63) is 53.9 Å². The molecule has 20 heavy (non-hydrogen) atoms. The Morgan fingerprint density at radius 1 is 1.35 bits per heavy atom. The lowest BCUT2D eigenvalue weighted by molar-refractivity contribution is -0.117. The van der Waals surface area contributed by atoms with Gasteiger partial charge in [0.25, 0.3) is 0 Å². The van der Waals surface area contributed by atoms with Crippen LogP contribution in [0.15, 0.2) is 42.5 Å². The van der Waals surface area contributed by atoms with Crippen molar-refractivity contribution < 1.29 is 4.79 Å². The van der Waals surface area contributed by atoms with E-state index in [-0.39, 0.29) is 5.91 Å². The number of imidazole rings is 1. The zero-order chi connectivity index (χ0) is 14.7. The molecular formula is C16H19N3O. The molecule has 2 aromatic rings. The topological polar surface area (TPSA) is 46.9 Å². The zero-order valence-corrected chi connectivity index (χ0v) is 12.1. The van der Waals surface area contributed by atoms with Gasteiger partial charge >= 0.3 is 0 Å². The van der Waals surface area contributed by atoms with Crippen LogP contribution in [0.4, 0.5) is 0 Å². The van der Waals surface area contributed by atoms with Crippen molar-refractivity contribution in [3.8, 4) is 11.4 Å². The van der Waals surface area contributed by atoms with Crippen LogP contribution in [0, 0.1) is 6.92 Å². The lowest BCUT2D eigenvalue weighted by Crippen LogP contribution is -2.23. The minimum Gasteiger partial charge on any atom is -0.347 e. The quantitative estimate of drug-likeness (QED) is 0.867. The van der Waals surface area contributed by atoms with Crippen molar-refractivity contribution in [2.24, 2.45) is 7.05 Å². The summed E-state index contributed by atoms with van der Waals surface area (Å²) in [6, 6.07) is 10.0. The lowest BCUT2D eigenvalue weighted by Gasteiger charge is -2.03. The molecule has 104 valence electrons. The Kier molecular flexibility index (Phi) is 4.03. The number of carbonyl (C=O) groups excluding carboxylic acids is 1. The van der Waals surface area contributed by atoms with E-state index in [1.54, 1.807) is 6.92 Å². The highest BCUT2D eigenvalue weighted by atomic mass is 16.1. The summed E-state index contributed by atoms with van der Waals surface area (Å²) in [5.41, 5.74) is 3.49. The average Bonchev–Trinajstić information content (AvgIpc) is 2.73. The molecule has 0 aliphatic heterocycles. The van der Waals surface area contributed by atoms with E-state index in [2.05, 4.69) is 16.9 Å². The predicted octanol–water partition coefficient (Wildman–Crippen LogP) is 2.59. The Balaban J connectivity index is 2.25. The monoisotopic (exact) mass is 269 g/mol. The van der Waals surface area contributed by atoms with Gasteiger partial charge in [0, 0.05) is 23.9 Å². The molecule has 0 unspecified atom stereocenters. The summed E-state index contributed by atoms with van der Waals surface area (Å²) < 4.78 is 2.04. The van der Waals surface area contributed by atoms with Gasteiger partial charge in [-0.05, 0) is 13.8 Å². The second kappa shape index (κ2) is 5.74. The molecule has 4 heteroatoms. The van der Waals surface area contributed by atoms with Crippen molar-refractivity contribution in [2.45, 2.75) is 20.4 Å². The summed E-state index contributed by atoms with van der Waals surface area (Å²) in [5, 5.41) is 2.82. The third kappa shape index (κ3) is 2.79. The molecule has 0 saturated heterocycles. The molecule has 0 aliphatic carbocycles. The Labute approximate surface area is 119 Å². The molecule has 1 aromatic carbocycles. The van der Waals surface area contributed by atoms with E-state index in [9.17, 15) is 4.79 Å². The first-order valence-electron chi connectivity index (χ1n) is 6.52. The van der Waals surface area contributed by atoms with E-state index < -0.39 is 0 Å². The second-order valence-corrected chi connectivity index (χ2v) is 4.86. The molecule has 2 rings (SSSR count). The molecule has 0 saturated carbocycles. The molecule has 0 atom stereocenters. The third-order valence-electron chi connectivity index (χ3n) is 3.32. The fourth-order valence-corrected chi connectivity index (χ4v) is 1.96. The number of nitrogens with zero attached hydrogens (tertiary/aromatic N) is 2. The highest BCUT2D eigenvalue weighted by Crippen LogP contribution is 2.20. The first-order valence-corrected chi connectivity index (χ1v) is 6.52. The Bertz CT molecular complexity index is 641. The summed E-state index contributed by atoms with van der Waals surface area (Å²) in [6.07, 6.45) is 0. The van der Waals surface area contributed by atoms with E-state index in [1.807, 2.05) is 48.9 Å². The molecule has 0 aliphatic rings. The molecule has 1 heterocycles. The number of aromatic nitrogens is 2. The molecule has 1 amide bonds. The van der Waals surface area contributed by atoms with E-state index in [0.717, 1.165) is 22.8 Å². The SMILES string of the molecule is C=C(C)C(=O)NCc1nc(-c2ccccc2)n(C)c1C. The first kappa shape index (κ1) is 14.1. The van der Waals surface area contributed by atoms with Crippen molar-refractivity contribution in [3.63, 3.8) is 0 Å². The third-order valence-corrected chi connectivity index (χ3v) is 3.32. The molecule has 1 aromatic heterocycles.